The van der Waals surface area contributed by atoms with Gasteiger partial charge in [0, 0.05) is 19.5 Å². The van der Waals surface area contributed by atoms with Crippen LogP contribution in [0.4, 0.5) is 0 Å². The quantitative estimate of drug-likeness (QED) is 0.0255. The van der Waals surface area contributed by atoms with Crippen molar-refractivity contribution in [3.63, 3.8) is 0 Å². The Bertz CT molecular complexity index is 3050. The van der Waals surface area contributed by atoms with Crippen LogP contribution in [0.25, 0.3) is 0 Å². The maximum absolute atomic E-state index is 13.7. The zero-order valence-corrected chi connectivity index (χ0v) is 60.1. The molecule has 0 bridgehead atoms. The van der Waals surface area contributed by atoms with Gasteiger partial charge in [-0.3, -0.25) is 22.6 Å². The van der Waals surface area contributed by atoms with Gasteiger partial charge in [-0.15, -0.1) is 0 Å². The van der Waals surface area contributed by atoms with E-state index in [0.717, 1.165) is 0 Å². The van der Waals surface area contributed by atoms with Crippen LogP contribution in [-0.4, -0.2) is 458 Å². The molecule has 7 fully saturated rings. The zero-order valence-electron chi connectivity index (χ0n) is 56.6. The molecule has 0 aliphatic carbocycles. The molecule has 7 heterocycles. The Balaban J connectivity index is 1.40. The van der Waals surface area contributed by atoms with Gasteiger partial charge in [0.15, 0.2) is 37.7 Å². The Kier molecular flexibility index (Phi) is 35.2. The average molecular weight is 1710 g/mol. The molecule has 7 saturated heterocycles. The van der Waals surface area contributed by atoms with Crippen LogP contribution in [0.15, 0.2) is 0 Å². The molecule has 7 aliphatic rings. The first-order valence-corrected chi connectivity index (χ1v) is 38.8. The van der Waals surface area contributed by atoms with Gasteiger partial charge < -0.3 is 220 Å². The maximum atomic E-state index is 13.7. The van der Waals surface area contributed by atoms with Crippen molar-refractivity contribution >= 4 is 37.3 Å². The lowest BCUT2D eigenvalue weighted by atomic mass is 9.91. The number of hydrogen-bond donors (Lipinski definition) is 31. The molecular weight excluding hydrogens is 1610 g/mol. The number of carbonyl (C=O) groups is 1. The Morgan fingerprint density at radius 3 is 1.34 bits per heavy atom. The summed E-state index contributed by atoms with van der Waals surface area (Å²) in [5.74, 6) is -6.20. The van der Waals surface area contributed by atoms with Crippen LogP contribution in [0.3, 0.4) is 0 Å². The maximum Gasteiger partial charge on any atom is 0.481 e. The van der Waals surface area contributed by atoms with Gasteiger partial charge in [-0.05, 0) is 0 Å². The molecule has 0 radical (unpaired) electrons. The van der Waals surface area contributed by atoms with Gasteiger partial charge in [-0.2, -0.15) is 4.31 Å². The van der Waals surface area contributed by atoms with E-state index in [2.05, 4.69) is 13.4 Å². The summed E-state index contributed by atoms with van der Waals surface area (Å²) in [6.07, 6.45) is -96.6. The molecule has 110 heavy (non-hydrogen) atoms. The number of nitrogens with two attached hydrogens (primary N) is 2. The first-order chi connectivity index (χ1) is 51.3. The minimum atomic E-state index is -6.36. The molecule has 55 nitrogen and oxygen atoms in total. The highest BCUT2D eigenvalue weighted by molar-refractivity contribution is 7.61. The number of carboxylic acid groups (broad SMARTS) is 1. The molecule has 33 N–H and O–H groups in total. The van der Waals surface area contributed by atoms with Crippen molar-refractivity contribution in [2.45, 2.75) is 239 Å². The van der Waals surface area contributed by atoms with E-state index >= 15 is 0 Å². The summed E-state index contributed by atoms with van der Waals surface area (Å²) in [5.41, 5.74) is 10.7. The van der Waals surface area contributed by atoms with Gasteiger partial charge in [0.2, 0.25) is 0 Å². The Labute approximate surface area is 617 Å². The van der Waals surface area contributed by atoms with Crippen LogP contribution in [-0.2, 0) is 112 Å². The van der Waals surface area contributed by atoms with E-state index in [1.165, 1.54) is 0 Å². The molecule has 0 saturated carbocycles. The third-order valence-electron chi connectivity index (χ3n) is 17.8. The Morgan fingerprint density at radius 1 is 0.418 bits per heavy atom. The summed E-state index contributed by atoms with van der Waals surface area (Å²) in [4.78, 5) is 63.6. The van der Waals surface area contributed by atoms with E-state index in [-0.39, 0.29) is 0 Å². The fourth-order valence-corrected chi connectivity index (χ4v) is 15.8. The second-order valence-corrected chi connectivity index (χ2v) is 31.1. The molecule has 0 aromatic heterocycles. The highest BCUT2D eigenvalue weighted by atomic mass is 31.3. The standard InChI is InChI=1S/C51H94N2O53P4/c52-1-3-88-108(82,83)105-19(11-59)38-26(68)28(70)42(101-48-41(27(69)25(67)34(94-48)13(60)6-54)100-46-32(74)29(71)37(18(10-58)92-46)96-44-30(72)23(65)21(63)17(9-57)91-44)49(97-38)99-40-33(75)47(95-35(14(61)7-55)43(40)102-45-31(73)24(66)22(64)20(93-45)12-90-107(79,80)81)98-39-16(104-110(86,87)106-109(84,85)89-4-2-53)5-51(78,50(76)77)103-36(39)15(62)8-56/h13-49,54-75,78H,1-12,52-53H2,(H,76,77)(H,82,83)(H,84,85)(H,86,87)(H2,79,80,81)/t13-,14-,15+,16+,17+,18+,19-,20+,21-,22+,23-,24-,25-,26-,27-,28-,29+,30+,31+,32+,33-,34+,35+,36+,37+,38+,39+,40+,41-,42-,43+,44-,45-,46-,47+,48+,49+,51+/m0/s1. The van der Waals surface area contributed by atoms with Crippen molar-refractivity contribution in [3.8, 4) is 0 Å². The lowest BCUT2D eigenvalue weighted by Gasteiger charge is -2.52. The first-order valence-electron chi connectivity index (χ1n) is 32.8. The molecular formula is C51H94N2O53P4. The van der Waals surface area contributed by atoms with Crippen molar-refractivity contribution < 1.29 is 259 Å². The molecule has 646 valence electrons. The van der Waals surface area contributed by atoms with Crippen LogP contribution < -0.4 is 11.5 Å². The van der Waals surface area contributed by atoms with Crippen LogP contribution >= 0.6 is 31.3 Å². The summed E-state index contributed by atoms with van der Waals surface area (Å²) < 4.78 is 155. The van der Waals surface area contributed by atoms with E-state index in [1.54, 1.807) is 0 Å². The van der Waals surface area contributed by atoms with Gasteiger partial charge in [0.25, 0.3) is 5.79 Å². The van der Waals surface area contributed by atoms with Crippen LogP contribution in [0.5, 0.6) is 0 Å². The molecule has 0 aromatic carbocycles. The fourth-order valence-electron chi connectivity index (χ4n) is 12.3. The number of ether oxygens (including phenoxy) is 13. The monoisotopic (exact) mass is 1710 g/mol. The molecule has 59 heteroatoms. The molecule has 7 aliphatic heterocycles. The Morgan fingerprint density at radius 2 is 0.827 bits per heavy atom. The van der Waals surface area contributed by atoms with Crippen LogP contribution in [0.2, 0.25) is 0 Å². The van der Waals surface area contributed by atoms with E-state index in [4.69, 9.17) is 86.6 Å². The second-order valence-electron chi connectivity index (χ2n) is 25.5. The van der Waals surface area contributed by atoms with E-state index in [1.807, 2.05) is 0 Å². The van der Waals surface area contributed by atoms with E-state index < -0.39 is 349 Å². The number of phosphoric acid groups is 4. The smallest absolute Gasteiger partial charge is 0.477 e. The second kappa shape index (κ2) is 40.5. The summed E-state index contributed by atoms with van der Waals surface area (Å²) in [6.45, 7) is -12.6. The highest BCUT2D eigenvalue weighted by Crippen LogP contribution is 2.62. The van der Waals surface area contributed by atoms with Crippen molar-refractivity contribution in [1.29, 1.82) is 0 Å². The third kappa shape index (κ3) is 23.1. The fraction of sp³-hybridized carbons (Fsp3) is 0.980. The Hall–Kier alpha value is -1.57. The van der Waals surface area contributed by atoms with Gasteiger partial charge in [0.05, 0.1) is 59.5 Å². The normalized spacial score (nSPS) is 44.5. The molecule has 41 atom stereocenters. The van der Waals surface area contributed by atoms with Crippen LogP contribution in [0, 0.1) is 0 Å². The van der Waals surface area contributed by atoms with Crippen LogP contribution in [0.1, 0.15) is 6.42 Å². The van der Waals surface area contributed by atoms with Gasteiger partial charge in [-0.25, -0.2) is 23.1 Å². The third-order valence-corrected chi connectivity index (χ3v) is 22.0. The lowest BCUT2D eigenvalue weighted by molar-refractivity contribution is -0.420. The number of aliphatic hydroxyl groups excluding tert-OH is 22. The number of hydrogen-bond acceptors (Lipinski definition) is 49. The summed E-state index contributed by atoms with van der Waals surface area (Å²) in [6, 6.07) is 0. The first kappa shape index (κ1) is 95.6. The van der Waals surface area contributed by atoms with Gasteiger partial charge in [-0.1, -0.05) is 0 Å². The summed E-state index contributed by atoms with van der Waals surface area (Å²) >= 11 is 0. The van der Waals surface area contributed by atoms with Gasteiger partial charge in [0.1, 0.15) is 189 Å². The minimum Gasteiger partial charge on any atom is -0.477 e. The SMILES string of the molecule is NCCOP(=O)(O)O[C@@H](CO)[C@H]1O[C@H](O[C@@H]2[C@H](O)[C@@H](O[C@H]3[C@@H]([C@H](O)CO)O[C@@](O)(C(=O)O)C[C@H]3OP(=O)(O)OP(=O)(O)OCCN)O[C@H]([C@@H](O)CO)[C@H]2O[C@@H]2O[C@H](COP(=O)(O)O)[C@@H](O)[C@H](O)[C@H]2O)[C@@H](O[C@H]2O[C@H]([C@@H](O)CO)[C@@H](O)[C@H](O)[C@@H]2O[C@@H]2O[C@H](CO)[C@@H](O[C@@H]3O[C@H](CO)[C@H](O)[C@H](O)[C@H]3O)[C@H](O)[C@H]2O)[C@@H](O)[C@@H]1O. The predicted octanol–water partition coefficient (Wildman–Crippen LogP) is -17.9. The zero-order chi connectivity index (χ0) is 82.4. The number of rotatable bonds is 38. The largest absolute Gasteiger partial charge is 0.481 e. The molecule has 7 rings (SSSR count). The number of aliphatic carboxylic acids is 1. The molecule has 0 amide bonds. The summed E-state index contributed by atoms with van der Waals surface area (Å²) in [5, 5.41) is 267. The van der Waals surface area contributed by atoms with E-state index in [9.17, 15) is 170 Å². The van der Waals surface area contributed by atoms with Crippen molar-refractivity contribution in [3.05, 3.63) is 0 Å². The van der Waals surface area contributed by atoms with Crippen molar-refractivity contribution in [2.24, 2.45) is 11.5 Å². The lowest BCUT2D eigenvalue weighted by Crippen LogP contribution is -2.71. The molecule has 3 unspecified atom stereocenters. The molecule has 0 aromatic rings. The van der Waals surface area contributed by atoms with E-state index in [0.29, 0.717) is 0 Å². The number of aliphatic hydroxyl groups is 23. The number of carboxylic acids is 1. The average Bonchev–Trinajstić information content (AvgIpc) is 0.753. The highest BCUT2D eigenvalue weighted by Gasteiger charge is 2.63. The minimum absolute atomic E-state index is 0.500. The summed E-state index contributed by atoms with van der Waals surface area (Å²) in [7, 11) is -23.3. The topological polar surface area (TPSA) is 899 Å². The predicted molar refractivity (Wildman–Crippen MR) is 330 cm³/mol. The van der Waals surface area contributed by atoms with Crippen molar-refractivity contribution in [1.82, 2.24) is 0 Å². The molecule has 0 spiro atoms. The van der Waals surface area contributed by atoms with Gasteiger partial charge >= 0.3 is 37.3 Å². The number of phosphoric ester groups is 4. The van der Waals surface area contributed by atoms with Crippen molar-refractivity contribution in [2.75, 3.05) is 72.6 Å².